The van der Waals surface area contributed by atoms with Crippen LogP contribution in [0, 0.1) is 20.8 Å². The van der Waals surface area contributed by atoms with Gasteiger partial charge in [0.05, 0.1) is 12.8 Å². The summed E-state index contributed by atoms with van der Waals surface area (Å²) < 4.78 is 4.67. The maximum atomic E-state index is 12.2. The van der Waals surface area contributed by atoms with Crippen molar-refractivity contribution in [2.45, 2.75) is 20.8 Å². The quantitative estimate of drug-likeness (QED) is 0.885. The van der Waals surface area contributed by atoms with Crippen molar-refractivity contribution in [2.24, 2.45) is 0 Å². The van der Waals surface area contributed by atoms with E-state index in [9.17, 15) is 9.59 Å². The first-order valence-corrected chi connectivity index (χ1v) is 7.17. The normalized spacial score (nSPS) is 10.3. The molecular weight excluding hydrogens is 288 g/mol. The summed E-state index contributed by atoms with van der Waals surface area (Å²) >= 11 is 1.11. The molecule has 1 aromatic carbocycles. The van der Waals surface area contributed by atoms with Gasteiger partial charge in [-0.2, -0.15) is 0 Å². The lowest BCUT2D eigenvalue weighted by Crippen LogP contribution is -2.12. The molecule has 2 aromatic rings. The number of nitrogens with zero attached hydrogens (tertiary/aromatic N) is 1. The first kappa shape index (κ1) is 15.2. The number of ether oxygens (including phenoxy) is 1. The molecule has 0 bridgehead atoms. The lowest BCUT2D eigenvalue weighted by molar-refractivity contribution is 0.0605. The molecule has 0 radical (unpaired) electrons. The molecule has 2 rings (SSSR count). The van der Waals surface area contributed by atoms with E-state index in [4.69, 9.17) is 0 Å². The second-order valence-electron chi connectivity index (χ2n) is 4.76. The highest BCUT2D eigenvalue weighted by molar-refractivity contribution is 7.17. The van der Waals surface area contributed by atoms with Gasteiger partial charge in [-0.25, -0.2) is 9.78 Å². The van der Waals surface area contributed by atoms with Crippen molar-refractivity contribution in [3.63, 3.8) is 0 Å². The molecule has 1 aromatic heterocycles. The Morgan fingerprint density at radius 2 is 1.76 bits per heavy atom. The topological polar surface area (TPSA) is 68.3 Å². The maximum absolute atomic E-state index is 12.2. The summed E-state index contributed by atoms with van der Waals surface area (Å²) in [6, 6.07) is 5.62. The van der Waals surface area contributed by atoms with Crippen molar-refractivity contribution >= 4 is 28.3 Å². The summed E-state index contributed by atoms with van der Waals surface area (Å²) in [6.07, 6.45) is 0. The summed E-state index contributed by atoms with van der Waals surface area (Å²) in [5.41, 5.74) is 3.15. The van der Waals surface area contributed by atoms with Crippen LogP contribution in [0.2, 0.25) is 0 Å². The van der Waals surface area contributed by atoms with Gasteiger partial charge in [0, 0.05) is 5.56 Å². The fraction of sp³-hybridized carbons (Fsp3) is 0.267. The number of methoxy groups -OCH3 is 1. The lowest BCUT2D eigenvalue weighted by Gasteiger charge is -2.04. The number of anilines is 1. The summed E-state index contributed by atoms with van der Waals surface area (Å²) in [5, 5.41) is 3.10. The molecule has 110 valence electrons. The molecule has 0 fully saturated rings. The second-order valence-corrected chi connectivity index (χ2v) is 5.75. The summed E-state index contributed by atoms with van der Waals surface area (Å²) in [5.74, 6) is -0.691. The number of rotatable bonds is 3. The highest BCUT2D eigenvalue weighted by atomic mass is 32.1. The third-order valence-corrected chi connectivity index (χ3v) is 3.92. The van der Waals surface area contributed by atoms with Gasteiger partial charge >= 0.3 is 5.97 Å². The molecule has 0 aliphatic rings. The van der Waals surface area contributed by atoms with Crippen LogP contribution in [-0.2, 0) is 4.74 Å². The number of carbonyl (C=O) groups excluding carboxylic acids is 2. The number of hydrogen-bond donors (Lipinski definition) is 1. The highest BCUT2D eigenvalue weighted by Gasteiger charge is 2.17. The van der Waals surface area contributed by atoms with Crippen LogP contribution in [0.5, 0.6) is 0 Å². The van der Waals surface area contributed by atoms with Crippen LogP contribution in [0.3, 0.4) is 0 Å². The number of esters is 1. The van der Waals surface area contributed by atoms with E-state index in [1.165, 1.54) is 7.11 Å². The fourth-order valence-electron chi connectivity index (χ4n) is 2.01. The molecule has 21 heavy (non-hydrogen) atoms. The van der Waals surface area contributed by atoms with Crippen molar-refractivity contribution in [1.82, 2.24) is 4.98 Å². The van der Waals surface area contributed by atoms with E-state index in [1.807, 2.05) is 32.0 Å². The van der Waals surface area contributed by atoms with Crippen molar-refractivity contribution < 1.29 is 14.3 Å². The predicted octanol–water partition coefficient (Wildman–Crippen LogP) is 3.11. The second kappa shape index (κ2) is 6.05. The average Bonchev–Trinajstić information content (AvgIpc) is 2.77. The maximum Gasteiger partial charge on any atom is 0.350 e. The molecule has 0 atom stereocenters. The number of carbonyl (C=O) groups is 2. The van der Waals surface area contributed by atoms with E-state index in [-0.39, 0.29) is 5.91 Å². The van der Waals surface area contributed by atoms with Gasteiger partial charge in [0.2, 0.25) is 0 Å². The van der Waals surface area contributed by atoms with E-state index >= 15 is 0 Å². The van der Waals surface area contributed by atoms with Crippen molar-refractivity contribution in [2.75, 3.05) is 12.4 Å². The zero-order chi connectivity index (χ0) is 15.6. The van der Waals surface area contributed by atoms with E-state index in [2.05, 4.69) is 15.0 Å². The Morgan fingerprint density at radius 3 is 2.33 bits per heavy atom. The molecule has 0 saturated carbocycles. The van der Waals surface area contributed by atoms with Gasteiger partial charge in [-0.3, -0.25) is 10.1 Å². The zero-order valence-electron chi connectivity index (χ0n) is 12.3. The van der Waals surface area contributed by atoms with Crippen LogP contribution in [0.25, 0.3) is 0 Å². The summed E-state index contributed by atoms with van der Waals surface area (Å²) in [7, 11) is 1.31. The number of aromatic nitrogens is 1. The molecule has 0 spiro atoms. The Bertz CT molecular complexity index is 687. The Kier molecular flexibility index (Phi) is 4.37. The van der Waals surface area contributed by atoms with Gasteiger partial charge in [0.1, 0.15) is 4.88 Å². The molecule has 0 unspecified atom stereocenters. The molecule has 1 heterocycles. The van der Waals surface area contributed by atoms with Gasteiger partial charge in [-0.1, -0.05) is 28.5 Å². The molecular formula is C15H16N2O3S. The largest absolute Gasteiger partial charge is 0.465 e. The van der Waals surface area contributed by atoms with Crippen LogP contribution in [0.4, 0.5) is 5.13 Å². The number of hydrogen-bond acceptors (Lipinski definition) is 5. The van der Waals surface area contributed by atoms with Crippen LogP contribution in [0.15, 0.2) is 18.2 Å². The first-order valence-electron chi connectivity index (χ1n) is 6.36. The lowest BCUT2D eigenvalue weighted by atomic mass is 10.1. The van der Waals surface area contributed by atoms with Crippen LogP contribution in [-0.4, -0.2) is 24.0 Å². The SMILES string of the molecule is COC(=O)c1sc(NC(=O)c2cc(C)cc(C)c2)nc1C. The first-order chi connectivity index (χ1) is 9.90. The molecule has 0 aliphatic heterocycles. The molecule has 6 heteroatoms. The van der Waals surface area contributed by atoms with E-state index in [0.717, 1.165) is 22.5 Å². The zero-order valence-corrected chi connectivity index (χ0v) is 13.1. The summed E-state index contributed by atoms with van der Waals surface area (Å²) in [4.78, 5) is 28.3. The Labute approximate surface area is 127 Å². The number of amides is 1. The van der Waals surface area contributed by atoms with E-state index in [1.54, 1.807) is 6.92 Å². The van der Waals surface area contributed by atoms with Gasteiger partial charge < -0.3 is 4.74 Å². The summed E-state index contributed by atoms with van der Waals surface area (Å²) in [6.45, 7) is 5.58. The Morgan fingerprint density at radius 1 is 1.14 bits per heavy atom. The third-order valence-electron chi connectivity index (χ3n) is 2.87. The standard InChI is InChI=1S/C15H16N2O3S/c1-8-5-9(2)7-11(6-8)13(18)17-15-16-10(3)12(21-15)14(19)20-4/h5-7H,1-4H3,(H,16,17,18). The number of benzene rings is 1. The smallest absolute Gasteiger partial charge is 0.350 e. The minimum Gasteiger partial charge on any atom is -0.465 e. The minimum atomic E-state index is -0.447. The predicted molar refractivity (Wildman–Crippen MR) is 82.1 cm³/mol. The number of thiazole rings is 1. The van der Waals surface area contributed by atoms with Crippen LogP contribution in [0.1, 0.15) is 36.9 Å². The van der Waals surface area contributed by atoms with Gasteiger partial charge in [0.25, 0.3) is 5.91 Å². The molecule has 0 aliphatic carbocycles. The van der Waals surface area contributed by atoms with E-state index < -0.39 is 5.97 Å². The van der Waals surface area contributed by atoms with Crippen LogP contribution < -0.4 is 5.32 Å². The van der Waals surface area contributed by atoms with Gasteiger partial charge in [-0.05, 0) is 32.9 Å². The molecule has 0 saturated heterocycles. The molecule has 5 nitrogen and oxygen atoms in total. The third kappa shape index (κ3) is 3.46. The monoisotopic (exact) mass is 304 g/mol. The highest BCUT2D eigenvalue weighted by Crippen LogP contribution is 2.24. The Balaban J connectivity index is 2.22. The minimum absolute atomic E-state index is 0.244. The number of nitrogens with one attached hydrogen (secondary N) is 1. The average molecular weight is 304 g/mol. The Hall–Kier alpha value is -2.21. The number of aryl methyl sites for hydroxylation is 3. The van der Waals surface area contributed by atoms with E-state index in [0.29, 0.717) is 21.3 Å². The molecule has 1 N–H and O–H groups in total. The van der Waals surface area contributed by atoms with Crippen molar-refractivity contribution in [3.8, 4) is 0 Å². The molecule has 1 amide bonds. The fourth-order valence-corrected chi connectivity index (χ4v) is 2.89. The van der Waals surface area contributed by atoms with Crippen molar-refractivity contribution in [3.05, 3.63) is 45.5 Å². The van der Waals surface area contributed by atoms with Gasteiger partial charge in [-0.15, -0.1) is 0 Å². The van der Waals surface area contributed by atoms with Crippen molar-refractivity contribution in [1.29, 1.82) is 0 Å². The van der Waals surface area contributed by atoms with Crippen LogP contribution >= 0.6 is 11.3 Å². The van der Waals surface area contributed by atoms with Gasteiger partial charge in [0.15, 0.2) is 5.13 Å².